The van der Waals surface area contributed by atoms with Crippen molar-refractivity contribution < 1.29 is 19.4 Å². The Balaban J connectivity index is 1.46. The monoisotopic (exact) mass is 422 g/mol. The fourth-order valence-electron chi connectivity index (χ4n) is 3.46. The van der Waals surface area contributed by atoms with E-state index in [0.29, 0.717) is 17.0 Å². The highest BCUT2D eigenvalue weighted by atomic mass is 16.5. The van der Waals surface area contributed by atoms with Gasteiger partial charge in [-0.2, -0.15) is 0 Å². The van der Waals surface area contributed by atoms with Gasteiger partial charge in [0.25, 0.3) is 5.91 Å². The maximum atomic E-state index is 13.1. The summed E-state index contributed by atoms with van der Waals surface area (Å²) in [6.45, 7) is 3.33. The number of hydrogen-bond acceptors (Lipinski definition) is 7. The van der Waals surface area contributed by atoms with Crippen molar-refractivity contribution in [2.75, 3.05) is 13.2 Å². The van der Waals surface area contributed by atoms with Crippen LogP contribution >= 0.6 is 0 Å². The van der Waals surface area contributed by atoms with E-state index in [1.165, 1.54) is 11.0 Å². The molecule has 0 spiro atoms. The molecule has 0 bridgehead atoms. The smallest absolute Gasteiger partial charge is 0.325 e. The Kier molecular flexibility index (Phi) is 5.38. The molecule has 0 aliphatic carbocycles. The van der Waals surface area contributed by atoms with Crippen molar-refractivity contribution in [3.05, 3.63) is 66.0 Å². The second kappa shape index (κ2) is 8.15. The zero-order valence-corrected chi connectivity index (χ0v) is 17.1. The summed E-state index contributed by atoms with van der Waals surface area (Å²) in [5, 5.41) is 24.1. The molecule has 1 aliphatic heterocycles. The van der Waals surface area contributed by atoms with Gasteiger partial charge in [-0.3, -0.25) is 9.69 Å². The molecule has 2 aromatic carbocycles. The van der Waals surface area contributed by atoms with Crippen molar-refractivity contribution in [1.29, 1.82) is 0 Å². The Labute approximate surface area is 178 Å². The number of nitrogens with zero attached hydrogens (tertiary/aromatic N) is 5. The fraction of sp³-hybridized carbons (Fsp3) is 0.286. The Bertz CT molecular complexity index is 1100. The van der Waals surface area contributed by atoms with Gasteiger partial charge in [-0.25, -0.2) is 9.48 Å². The molecule has 3 aromatic rings. The number of imide groups is 1. The Morgan fingerprint density at radius 1 is 1.19 bits per heavy atom. The van der Waals surface area contributed by atoms with Gasteiger partial charge in [0.2, 0.25) is 0 Å². The maximum absolute atomic E-state index is 13.1. The third-order valence-corrected chi connectivity index (χ3v) is 5.14. The minimum Gasteiger partial charge on any atom is -0.491 e. The lowest BCUT2D eigenvalue weighted by Crippen LogP contribution is -2.42. The molecule has 2 N–H and O–H groups in total. The topological polar surface area (TPSA) is 122 Å². The summed E-state index contributed by atoms with van der Waals surface area (Å²) in [6.07, 6.45) is 0.401. The predicted molar refractivity (Wildman–Crippen MR) is 109 cm³/mol. The van der Waals surface area contributed by atoms with E-state index < -0.39 is 23.6 Å². The lowest BCUT2D eigenvalue weighted by atomic mass is 9.91. The van der Waals surface area contributed by atoms with Gasteiger partial charge >= 0.3 is 6.03 Å². The highest BCUT2D eigenvalue weighted by Crippen LogP contribution is 2.30. The van der Waals surface area contributed by atoms with E-state index in [1.54, 1.807) is 37.3 Å². The minimum atomic E-state index is -1.28. The molecule has 4 rings (SSSR count). The molecular formula is C21H22N6O4. The number of amides is 3. The number of rotatable bonds is 7. The van der Waals surface area contributed by atoms with Crippen LogP contribution in [0.15, 0.2) is 54.9 Å². The third kappa shape index (κ3) is 4.10. The Morgan fingerprint density at radius 3 is 2.74 bits per heavy atom. The van der Waals surface area contributed by atoms with Crippen molar-refractivity contribution in [3.8, 4) is 11.4 Å². The van der Waals surface area contributed by atoms with Crippen LogP contribution in [0.3, 0.4) is 0 Å². The van der Waals surface area contributed by atoms with Crippen LogP contribution in [-0.4, -0.2) is 61.4 Å². The van der Waals surface area contributed by atoms with Crippen molar-refractivity contribution in [2.24, 2.45) is 0 Å². The second-order valence-corrected chi connectivity index (χ2v) is 7.56. The molecule has 2 atom stereocenters. The summed E-state index contributed by atoms with van der Waals surface area (Å²) < 4.78 is 7.04. The highest BCUT2D eigenvalue weighted by molar-refractivity contribution is 6.07. The number of aromatic nitrogens is 4. The molecule has 1 aromatic heterocycles. The lowest BCUT2D eigenvalue weighted by molar-refractivity contribution is -0.132. The summed E-state index contributed by atoms with van der Waals surface area (Å²) >= 11 is 0. The summed E-state index contributed by atoms with van der Waals surface area (Å²) in [5.74, 6) is 0.154. The molecule has 0 unspecified atom stereocenters. The van der Waals surface area contributed by atoms with Gasteiger partial charge in [-0.1, -0.05) is 24.3 Å². The zero-order valence-electron chi connectivity index (χ0n) is 17.1. The minimum absolute atomic E-state index is 0.0496. The Morgan fingerprint density at radius 2 is 2.00 bits per heavy atom. The zero-order chi connectivity index (χ0) is 22.0. The van der Waals surface area contributed by atoms with Crippen LogP contribution in [0.4, 0.5) is 4.79 Å². The lowest BCUT2D eigenvalue weighted by Gasteiger charge is -2.23. The predicted octanol–water partition coefficient (Wildman–Crippen LogP) is 1.18. The van der Waals surface area contributed by atoms with Crippen molar-refractivity contribution in [3.63, 3.8) is 0 Å². The third-order valence-electron chi connectivity index (χ3n) is 5.14. The molecule has 10 nitrogen and oxygen atoms in total. The van der Waals surface area contributed by atoms with Gasteiger partial charge in [0.15, 0.2) is 0 Å². The number of carbonyl (C=O) groups excluding carboxylic acids is 2. The first-order chi connectivity index (χ1) is 14.9. The SMILES string of the molecule is Cc1cccc(OC[C@H](O)CN2C(=O)N[C@@](C)(c3cccc(-n4cnnn4)c3)C2=O)c1. The van der Waals surface area contributed by atoms with Gasteiger partial charge < -0.3 is 15.2 Å². The van der Waals surface area contributed by atoms with Crippen LogP contribution in [0.5, 0.6) is 5.75 Å². The van der Waals surface area contributed by atoms with E-state index in [2.05, 4.69) is 20.8 Å². The molecule has 1 fully saturated rings. The first kappa shape index (κ1) is 20.5. The molecule has 1 saturated heterocycles. The van der Waals surface area contributed by atoms with E-state index in [4.69, 9.17) is 4.74 Å². The molecule has 0 saturated carbocycles. The summed E-state index contributed by atoms with van der Waals surface area (Å²) in [7, 11) is 0. The van der Waals surface area contributed by atoms with E-state index in [1.807, 2.05) is 25.1 Å². The van der Waals surface area contributed by atoms with Crippen LogP contribution in [-0.2, 0) is 10.3 Å². The number of tetrazole rings is 1. The van der Waals surface area contributed by atoms with Gasteiger partial charge in [0.05, 0.1) is 12.2 Å². The molecule has 0 radical (unpaired) electrons. The number of ether oxygens (including phenoxy) is 1. The first-order valence-corrected chi connectivity index (χ1v) is 9.72. The number of β-amino-alcohol motifs (C(OH)–C–C–N with tert-alkyl or cyclic N) is 1. The first-order valence-electron chi connectivity index (χ1n) is 9.72. The van der Waals surface area contributed by atoms with Crippen LogP contribution in [0.1, 0.15) is 18.1 Å². The van der Waals surface area contributed by atoms with Crippen LogP contribution in [0.2, 0.25) is 0 Å². The quantitative estimate of drug-likeness (QED) is 0.548. The second-order valence-electron chi connectivity index (χ2n) is 7.56. The van der Waals surface area contributed by atoms with Crippen molar-refractivity contribution in [1.82, 2.24) is 30.4 Å². The largest absolute Gasteiger partial charge is 0.491 e. The number of hydrogen-bond donors (Lipinski definition) is 2. The van der Waals surface area contributed by atoms with Crippen molar-refractivity contribution in [2.45, 2.75) is 25.5 Å². The van der Waals surface area contributed by atoms with Crippen molar-refractivity contribution >= 4 is 11.9 Å². The van der Waals surface area contributed by atoms with Gasteiger partial charge in [-0.05, 0) is 59.7 Å². The maximum Gasteiger partial charge on any atom is 0.325 e. The summed E-state index contributed by atoms with van der Waals surface area (Å²) in [5.41, 5.74) is 0.974. The van der Waals surface area contributed by atoms with E-state index >= 15 is 0 Å². The molecule has 10 heteroatoms. The van der Waals surface area contributed by atoms with Crippen LogP contribution < -0.4 is 10.1 Å². The Hall–Kier alpha value is -3.79. The number of aliphatic hydroxyl groups excluding tert-OH is 1. The molecule has 1 aliphatic rings. The number of carbonyl (C=O) groups is 2. The number of aliphatic hydroxyl groups is 1. The summed E-state index contributed by atoms with van der Waals surface area (Å²) in [6, 6.07) is 13.8. The van der Waals surface area contributed by atoms with Gasteiger partial charge in [0, 0.05) is 0 Å². The number of nitrogens with one attached hydrogen (secondary N) is 1. The summed E-state index contributed by atoms with van der Waals surface area (Å²) in [4.78, 5) is 26.7. The number of benzene rings is 2. The highest BCUT2D eigenvalue weighted by Gasteiger charge is 2.49. The molecule has 2 heterocycles. The van der Waals surface area contributed by atoms with Gasteiger partial charge in [-0.15, -0.1) is 5.10 Å². The van der Waals surface area contributed by atoms with Crippen LogP contribution in [0, 0.1) is 6.92 Å². The van der Waals surface area contributed by atoms with E-state index in [-0.39, 0.29) is 13.2 Å². The van der Waals surface area contributed by atoms with E-state index in [0.717, 1.165) is 10.5 Å². The number of urea groups is 1. The molecule has 160 valence electrons. The standard InChI is InChI=1S/C21H22N6O4/c1-14-5-3-8-18(9-14)31-12-17(28)11-26-19(29)21(2,23-20(26)30)15-6-4-7-16(10-15)27-13-22-24-25-27/h3-10,13,17,28H,11-12H2,1-2H3,(H,23,30)/t17-,21+/m1/s1. The van der Waals surface area contributed by atoms with E-state index in [9.17, 15) is 14.7 Å². The number of aryl methyl sites for hydroxylation is 1. The van der Waals surface area contributed by atoms with Gasteiger partial charge in [0.1, 0.15) is 30.3 Å². The molecule has 3 amide bonds. The molecule has 31 heavy (non-hydrogen) atoms. The normalized spacial score (nSPS) is 19.4. The fourth-order valence-corrected chi connectivity index (χ4v) is 3.46. The average Bonchev–Trinajstić information content (AvgIpc) is 3.37. The molecular weight excluding hydrogens is 400 g/mol. The van der Waals surface area contributed by atoms with Crippen LogP contribution in [0.25, 0.3) is 5.69 Å². The average molecular weight is 422 g/mol.